The van der Waals surface area contributed by atoms with Crippen molar-refractivity contribution in [3.63, 3.8) is 0 Å². The standard InChI is InChI=1S/C25H28N4O3/c1-19-23(18-26-24(27-19)20-7-4-3-5-8-20)25(30)29-13-11-28(12-14-29)15-16-32-22-10-6-9-21(17-22)31-2/h3-10,17-18H,11-16H2,1-2H3. The van der Waals surface area contributed by atoms with E-state index < -0.39 is 0 Å². The predicted molar refractivity (Wildman–Crippen MR) is 123 cm³/mol. The minimum absolute atomic E-state index is 0.00519. The molecule has 0 saturated carbocycles. The Morgan fingerprint density at radius 3 is 2.47 bits per heavy atom. The molecule has 0 bridgehead atoms. The van der Waals surface area contributed by atoms with E-state index in [0.29, 0.717) is 36.8 Å². The van der Waals surface area contributed by atoms with E-state index in [2.05, 4.69) is 14.9 Å². The minimum atomic E-state index is -0.00519. The van der Waals surface area contributed by atoms with Crippen molar-refractivity contribution in [3.05, 3.63) is 72.1 Å². The Balaban J connectivity index is 1.28. The SMILES string of the molecule is COc1cccc(OCCN2CCN(C(=O)c3cnc(-c4ccccc4)nc3C)CC2)c1. The fourth-order valence-electron chi connectivity index (χ4n) is 3.73. The van der Waals surface area contributed by atoms with Gasteiger partial charge in [0.25, 0.3) is 5.91 Å². The highest BCUT2D eigenvalue weighted by atomic mass is 16.5. The molecular formula is C25H28N4O3. The molecule has 7 heteroatoms. The molecule has 1 aliphatic heterocycles. The van der Waals surface area contributed by atoms with Crippen LogP contribution in [0.2, 0.25) is 0 Å². The number of amides is 1. The number of rotatable bonds is 7. The zero-order valence-electron chi connectivity index (χ0n) is 18.5. The second-order valence-corrected chi connectivity index (χ2v) is 7.72. The third-order valence-electron chi connectivity index (χ3n) is 5.62. The lowest BCUT2D eigenvalue weighted by molar-refractivity contribution is 0.0618. The van der Waals surface area contributed by atoms with Crippen LogP contribution in [0, 0.1) is 6.92 Å². The van der Waals surface area contributed by atoms with Crippen LogP contribution in [0.5, 0.6) is 11.5 Å². The summed E-state index contributed by atoms with van der Waals surface area (Å²) in [7, 11) is 1.64. The summed E-state index contributed by atoms with van der Waals surface area (Å²) in [5, 5.41) is 0. The van der Waals surface area contributed by atoms with Crippen molar-refractivity contribution in [2.45, 2.75) is 6.92 Å². The van der Waals surface area contributed by atoms with Gasteiger partial charge < -0.3 is 14.4 Å². The van der Waals surface area contributed by atoms with Crippen LogP contribution in [0.25, 0.3) is 11.4 Å². The van der Waals surface area contributed by atoms with Crippen molar-refractivity contribution in [3.8, 4) is 22.9 Å². The van der Waals surface area contributed by atoms with Gasteiger partial charge in [0, 0.05) is 50.6 Å². The lowest BCUT2D eigenvalue weighted by Gasteiger charge is -2.34. The van der Waals surface area contributed by atoms with E-state index >= 15 is 0 Å². The van der Waals surface area contributed by atoms with E-state index in [1.807, 2.05) is 66.4 Å². The number of methoxy groups -OCH3 is 1. The molecule has 32 heavy (non-hydrogen) atoms. The van der Waals surface area contributed by atoms with Crippen LogP contribution in [0.4, 0.5) is 0 Å². The molecule has 2 heterocycles. The molecule has 0 unspecified atom stereocenters. The highest BCUT2D eigenvalue weighted by Crippen LogP contribution is 2.19. The molecule has 0 spiro atoms. The number of benzene rings is 2. The zero-order chi connectivity index (χ0) is 22.3. The average Bonchev–Trinajstić information content (AvgIpc) is 2.85. The number of hydrogen-bond acceptors (Lipinski definition) is 6. The lowest BCUT2D eigenvalue weighted by Crippen LogP contribution is -2.49. The van der Waals surface area contributed by atoms with Crippen molar-refractivity contribution < 1.29 is 14.3 Å². The number of hydrogen-bond donors (Lipinski definition) is 0. The van der Waals surface area contributed by atoms with Crippen molar-refractivity contribution in [2.24, 2.45) is 0 Å². The molecule has 1 fully saturated rings. The molecule has 0 atom stereocenters. The first-order valence-corrected chi connectivity index (χ1v) is 10.8. The van der Waals surface area contributed by atoms with Crippen molar-refractivity contribution in [2.75, 3.05) is 46.4 Å². The van der Waals surface area contributed by atoms with Gasteiger partial charge >= 0.3 is 0 Å². The van der Waals surface area contributed by atoms with Gasteiger partial charge in [-0.25, -0.2) is 9.97 Å². The normalized spacial score (nSPS) is 14.2. The average molecular weight is 433 g/mol. The van der Waals surface area contributed by atoms with Gasteiger partial charge in [-0.3, -0.25) is 9.69 Å². The first-order chi connectivity index (χ1) is 15.6. The Bertz CT molecular complexity index is 1050. The van der Waals surface area contributed by atoms with Crippen molar-refractivity contribution in [1.29, 1.82) is 0 Å². The molecule has 0 radical (unpaired) electrons. The van der Waals surface area contributed by atoms with E-state index in [1.165, 1.54) is 0 Å². The maximum Gasteiger partial charge on any atom is 0.257 e. The molecule has 3 aromatic rings. The van der Waals surface area contributed by atoms with Crippen molar-refractivity contribution in [1.82, 2.24) is 19.8 Å². The molecule has 166 valence electrons. The summed E-state index contributed by atoms with van der Waals surface area (Å²) < 4.78 is 11.1. The number of piperazine rings is 1. The van der Waals surface area contributed by atoms with E-state index in [0.717, 1.165) is 36.7 Å². The number of nitrogens with zero attached hydrogens (tertiary/aromatic N) is 4. The number of aromatic nitrogens is 2. The molecule has 1 aliphatic rings. The Labute approximate surface area is 188 Å². The fraction of sp³-hybridized carbons (Fsp3) is 0.320. The van der Waals surface area contributed by atoms with Crippen molar-refractivity contribution >= 4 is 5.91 Å². The van der Waals surface area contributed by atoms with Crippen LogP contribution in [0.3, 0.4) is 0 Å². The van der Waals surface area contributed by atoms with Crippen LogP contribution >= 0.6 is 0 Å². The second kappa shape index (κ2) is 10.2. The summed E-state index contributed by atoms with van der Waals surface area (Å²) in [5.41, 5.74) is 2.22. The zero-order valence-corrected chi connectivity index (χ0v) is 18.5. The summed E-state index contributed by atoms with van der Waals surface area (Å²) in [5.74, 6) is 2.22. The largest absolute Gasteiger partial charge is 0.497 e. The highest BCUT2D eigenvalue weighted by Gasteiger charge is 2.24. The van der Waals surface area contributed by atoms with Gasteiger partial charge in [0.15, 0.2) is 5.82 Å². The molecular weight excluding hydrogens is 404 g/mol. The molecule has 1 saturated heterocycles. The van der Waals surface area contributed by atoms with Crippen LogP contribution < -0.4 is 9.47 Å². The first-order valence-electron chi connectivity index (χ1n) is 10.8. The Hall–Kier alpha value is -3.45. The molecule has 4 rings (SSSR count). The minimum Gasteiger partial charge on any atom is -0.497 e. The third-order valence-corrected chi connectivity index (χ3v) is 5.62. The molecule has 1 aromatic heterocycles. The summed E-state index contributed by atoms with van der Waals surface area (Å²) in [6, 6.07) is 17.4. The Morgan fingerprint density at radius 1 is 1.00 bits per heavy atom. The second-order valence-electron chi connectivity index (χ2n) is 7.72. The van der Waals surface area contributed by atoms with Gasteiger partial charge in [-0.15, -0.1) is 0 Å². The van der Waals surface area contributed by atoms with E-state index in [-0.39, 0.29) is 5.91 Å². The van der Waals surface area contributed by atoms with Gasteiger partial charge in [-0.05, 0) is 19.1 Å². The maximum atomic E-state index is 13.0. The topological polar surface area (TPSA) is 67.8 Å². The van der Waals surface area contributed by atoms with Crippen LogP contribution in [0.15, 0.2) is 60.8 Å². The van der Waals surface area contributed by atoms with Crippen LogP contribution in [0.1, 0.15) is 16.1 Å². The number of ether oxygens (including phenoxy) is 2. The molecule has 1 amide bonds. The number of carbonyl (C=O) groups is 1. The Morgan fingerprint density at radius 2 is 1.75 bits per heavy atom. The monoisotopic (exact) mass is 432 g/mol. The van der Waals surface area contributed by atoms with Crippen LogP contribution in [-0.2, 0) is 0 Å². The molecule has 7 nitrogen and oxygen atoms in total. The smallest absolute Gasteiger partial charge is 0.257 e. The Kier molecular flexibility index (Phi) is 6.97. The van der Waals surface area contributed by atoms with E-state index in [4.69, 9.17) is 9.47 Å². The van der Waals surface area contributed by atoms with E-state index in [9.17, 15) is 4.79 Å². The molecule has 2 aromatic carbocycles. The van der Waals surface area contributed by atoms with Gasteiger partial charge in [0.2, 0.25) is 0 Å². The summed E-state index contributed by atoms with van der Waals surface area (Å²) in [4.78, 5) is 26.2. The van der Waals surface area contributed by atoms with Crippen LogP contribution in [-0.4, -0.2) is 72.1 Å². The van der Waals surface area contributed by atoms with E-state index in [1.54, 1.807) is 13.3 Å². The third kappa shape index (κ3) is 5.23. The first kappa shape index (κ1) is 21.8. The van der Waals surface area contributed by atoms with Gasteiger partial charge in [-0.2, -0.15) is 0 Å². The number of carbonyl (C=O) groups excluding carboxylic acids is 1. The highest BCUT2D eigenvalue weighted by molar-refractivity contribution is 5.95. The molecule has 0 N–H and O–H groups in total. The summed E-state index contributed by atoms with van der Waals surface area (Å²) in [6.45, 7) is 6.26. The quantitative estimate of drug-likeness (QED) is 0.571. The maximum absolute atomic E-state index is 13.0. The summed E-state index contributed by atoms with van der Waals surface area (Å²) >= 11 is 0. The number of aryl methyl sites for hydroxylation is 1. The molecule has 0 aliphatic carbocycles. The van der Waals surface area contributed by atoms with Gasteiger partial charge in [0.1, 0.15) is 18.1 Å². The predicted octanol–water partition coefficient (Wildman–Crippen LogP) is 3.30. The fourth-order valence-corrected chi connectivity index (χ4v) is 3.73. The van der Waals surface area contributed by atoms with Gasteiger partial charge in [0.05, 0.1) is 18.4 Å². The van der Waals surface area contributed by atoms with Gasteiger partial charge in [-0.1, -0.05) is 36.4 Å². The lowest BCUT2D eigenvalue weighted by atomic mass is 10.1. The summed E-state index contributed by atoms with van der Waals surface area (Å²) in [6.07, 6.45) is 1.65.